The highest BCUT2D eigenvalue weighted by atomic mass is 79.9. The Morgan fingerprint density at radius 2 is 2.08 bits per heavy atom. The summed E-state index contributed by atoms with van der Waals surface area (Å²) in [6, 6.07) is 7.09. The van der Waals surface area contributed by atoms with E-state index >= 15 is 0 Å². The highest BCUT2D eigenvalue weighted by Gasteiger charge is 2.19. The smallest absolute Gasteiger partial charge is 0.337 e. The molecule has 128 valence electrons. The number of hydrogen-bond donors (Lipinski definition) is 2. The molecule has 0 unspecified atom stereocenters. The number of benzene rings is 1. The minimum absolute atomic E-state index is 0.0248. The third kappa shape index (κ3) is 3.33. The van der Waals surface area contributed by atoms with Gasteiger partial charge in [-0.1, -0.05) is 12.1 Å². The maximum Gasteiger partial charge on any atom is 0.337 e. The Morgan fingerprint density at radius 1 is 1.36 bits per heavy atom. The number of nitrogens with zero attached hydrogens (tertiary/aromatic N) is 2. The van der Waals surface area contributed by atoms with Crippen LogP contribution < -0.4 is 10.9 Å². The van der Waals surface area contributed by atoms with E-state index in [2.05, 4.69) is 26.2 Å². The van der Waals surface area contributed by atoms with Gasteiger partial charge in [-0.25, -0.2) is 9.78 Å². The molecule has 2 N–H and O–H groups in total. The van der Waals surface area contributed by atoms with Crippen molar-refractivity contribution in [3.8, 4) is 0 Å². The van der Waals surface area contributed by atoms with Crippen LogP contribution in [0, 0.1) is 6.92 Å². The van der Waals surface area contributed by atoms with Gasteiger partial charge in [0.05, 0.1) is 16.6 Å². The quantitative estimate of drug-likeness (QED) is 0.674. The fourth-order valence-electron chi connectivity index (χ4n) is 2.37. The van der Waals surface area contributed by atoms with Gasteiger partial charge in [-0.15, -0.1) is 11.3 Å². The lowest BCUT2D eigenvalue weighted by atomic mass is 10.2. The number of aromatic carboxylic acids is 1. The van der Waals surface area contributed by atoms with Crippen LogP contribution in [0.3, 0.4) is 0 Å². The molecule has 2 aromatic heterocycles. The first kappa shape index (κ1) is 17.3. The molecule has 0 aliphatic carbocycles. The van der Waals surface area contributed by atoms with E-state index in [0.29, 0.717) is 20.8 Å². The predicted octanol–water partition coefficient (Wildman–Crippen LogP) is 2.87. The highest BCUT2D eigenvalue weighted by Crippen LogP contribution is 2.22. The summed E-state index contributed by atoms with van der Waals surface area (Å²) in [5.74, 6) is -1.26. The first-order chi connectivity index (χ1) is 11.9. The fraction of sp³-hybridized carbons (Fsp3) is 0.125. The number of carbonyl (C=O) groups is 2. The van der Waals surface area contributed by atoms with Crippen molar-refractivity contribution < 1.29 is 14.7 Å². The number of halogens is 1. The van der Waals surface area contributed by atoms with Gasteiger partial charge in [-0.05, 0) is 35.0 Å². The summed E-state index contributed by atoms with van der Waals surface area (Å²) in [6.07, 6.45) is 0. The van der Waals surface area contributed by atoms with E-state index in [-0.39, 0.29) is 17.5 Å². The number of anilines is 1. The first-order valence-corrected chi connectivity index (χ1v) is 8.82. The van der Waals surface area contributed by atoms with Gasteiger partial charge in [-0.2, -0.15) is 0 Å². The number of carbonyl (C=O) groups excluding carboxylic acids is 1. The number of fused-ring (bicyclic) bond motifs is 1. The van der Waals surface area contributed by atoms with Crippen molar-refractivity contribution in [3.63, 3.8) is 0 Å². The lowest BCUT2D eigenvalue weighted by molar-refractivity contribution is -0.116. The van der Waals surface area contributed by atoms with Crippen LogP contribution >= 0.6 is 27.3 Å². The second-order valence-corrected chi connectivity index (χ2v) is 6.93. The normalized spacial score (nSPS) is 10.8. The number of nitrogens with one attached hydrogen (secondary N) is 1. The van der Waals surface area contributed by atoms with Crippen LogP contribution in [0.25, 0.3) is 10.2 Å². The largest absolute Gasteiger partial charge is 0.478 e. The molecule has 3 aromatic rings. The molecule has 1 amide bonds. The van der Waals surface area contributed by atoms with Crippen molar-refractivity contribution in [1.82, 2.24) is 9.55 Å². The number of carboxylic acid groups (broad SMARTS) is 1. The SMILES string of the molecule is Cc1nc2scc(C(=O)O)c2c(=O)n1CC(=O)Nc1ccccc1Br. The molecule has 0 aliphatic rings. The average molecular weight is 422 g/mol. The molecule has 2 heterocycles. The Kier molecular flexibility index (Phi) is 4.69. The van der Waals surface area contributed by atoms with Crippen LogP contribution in [0.2, 0.25) is 0 Å². The zero-order valence-corrected chi connectivity index (χ0v) is 15.3. The lowest BCUT2D eigenvalue weighted by Crippen LogP contribution is -2.30. The van der Waals surface area contributed by atoms with E-state index in [9.17, 15) is 19.5 Å². The fourth-order valence-corrected chi connectivity index (χ4v) is 3.70. The Labute approximate surface area is 154 Å². The van der Waals surface area contributed by atoms with E-state index in [1.165, 1.54) is 9.95 Å². The van der Waals surface area contributed by atoms with Crippen molar-refractivity contribution in [2.45, 2.75) is 13.5 Å². The van der Waals surface area contributed by atoms with Gasteiger partial charge >= 0.3 is 5.97 Å². The van der Waals surface area contributed by atoms with Crippen LogP contribution in [0.4, 0.5) is 5.69 Å². The molecule has 0 spiro atoms. The summed E-state index contributed by atoms with van der Waals surface area (Å²) in [6.45, 7) is 1.34. The number of aryl methyl sites for hydroxylation is 1. The second-order valence-electron chi connectivity index (χ2n) is 5.21. The number of carboxylic acids is 1. The van der Waals surface area contributed by atoms with Crippen molar-refractivity contribution >= 4 is 55.0 Å². The van der Waals surface area contributed by atoms with Crippen LogP contribution in [-0.2, 0) is 11.3 Å². The highest BCUT2D eigenvalue weighted by molar-refractivity contribution is 9.10. The molecule has 0 bridgehead atoms. The Hall–Kier alpha value is -2.52. The summed E-state index contributed by atoms with van der Waals surface area (Å²) in [5.41, 5.74) is -0.0603. The molecule has 7 nitrogen and oxygen atoms in total. The van der Waals surface area contributed by atoms with Gasteiger partial charge in [0.2, 0.25) is 5.91 Å². The molecule has 0 saturated carbocycles. The molecule has 0 radical (unpaired) electrons. The average Bonchev–Trinajstić information content (AvgIpc) is 2.97. The molecule has 0 aliphatic heterocycles. The summed E-state index contributed by atoms with van der Waals surface area (Å²) >= 11 is 4.42. The first-order valence-electron chi connectivity index (χ1n) is 7.15. The van der Waals surface area contributed by atoms with Crippen LogP contribution in [0.1, 0.15) is 16.2 Å². The van der Waals surface area contributed by atoms with E-state index in [0.717, 1.165) is 11.3 Å². The molecule has 9 heteroatoms. The number of hydrogen-bond acceptors (Lipinski definition) is 5. The van der Waals surface area contributed by atoms with Gasteiger partial charge in [0.15, 0.2) is 0 Å². The molecular formula is C16H12BrN3O4S. The van der Waals surface area contributed by atoms with Crippen molar-refractivity contribution in [2.24, 2.45) is 0 Å². The zero-order chi connectivity index (χ0) is 18.1. The lowest BCUT2D eigenvalue weighted by Gasteiger charge is -2.11. The standard InChI is InChI=1S/C16H12BrN3O4S/c1-8-18-14-13(9(7-25-14)16(23)24)15(22)20(8)6-12(21)19-11-5-3-2-4-10(11)17/h2-5,7H,6H2,1H3,(H,19,21)(H,23,24). The van der Waals surface area contributed by atoms with Gasteiger partial charge < -0.3 is 10.4 Å². The monoisotopic (exact) mass is 421 g/mol. The van der Waals surface area contributed by atoms with Crippen LogP contribution in [0.5, 0.6) is 0 Å². The van der Waals surface area contributed by atoms with E-state index in [1.807, 2.05) is 6.07 Å². The van der Waals surface area contributed by atoms with Crippen LogP contribution in [-0.4, -0.2) is 26.5 Å². The Balaban J connectivity index is 1.97. The predicted molar refractivity (Wildman–Crippen MR) is 98.3 cm³/mol. The van der Waals surface area contributed by atoms with E-state index < -0.39 is 17.4 Å². The molecule has 3 rings (SSSR count). The Morgan fingerprint density at radius 3 is 2.76 bits per heavy atom. The number of para-hydroxylation sites is 1. The van der Waals surface area contributed by atoms with Crippen LogP contribution in [0.15, 0.2) is 38.9 Å². The maximum atomic E-state index is 12.7. The number of thiophene rings is 1. The maximum absolute atomic E-state index is 12.7. The summed E-state index contributed by atoms with van der Waals surface area (Å²) < 4.78 is 1.89. The summed E-state index contributed by atoms with van der Waals surface area (Å²) in [4.78, 5) is 40.8. The molecule has 1 aromatic carbocycles. The number of rotatable bonds is 4. The summed E-state index contributed by atoms with van der Waals surface area (Å²) in [5, 5.41) is 13.3. The third-order valence-corrected chi connectivity index (χ3v) is 5.13. The van der Waals surface area contributed by atoms with Crippen molar-refractivity contribution in [1.29, 1.82) is 0 Å². The number of amides is 1. The Bertz CT molecular complexity index is 1060. The third-order valence-electron chi connectivity index (χ3n) is 3.56. The van der Waals surface area contributed by atoms with E-state index in [4.69, 9.17) is 0 Å². The summed E-state index contributed by atoms with van der Waals surface area (Å²) in [7, 11) is 0. The van der Waals surface area contributed by atoms with E-state index in [1.54, 1.807) is 25.1 Å². The minimum atomic E-state index is -1.20. The molecule has 0 atom stereocenters. The molecule has 25 heavy (non-hydrogen) atoms. The van der Waals surface area contributed by atoms with Gasteiger partial charge in [0.1, 0.15) is 17.2 Å². The number of aromatic nitrogens is 2. The van der Waals surface area contributed by atoms with Crippen molar-refractivity contribution in [2.75, 3.05) is 5.32 Å². The van der Waals surface area contributed by atoms with Gasteiger partial charge in [0, 0.05) is 9.85 Å². The molecule has 0 fully saturated rings. The minimum Gasteiger partial charge on any atom is -0.478 e. The topological polar surface area (TPSA) is 101 Å². The van der Waals surface area contributed by atoms with Crippen molar-refractivity contribution in [3.05, 3.63) is 55.9 Å². The zero-order valence-electron chi connectivity index (χ0n) is 12.9. The van der Waals surface area contributed by atoms with Gasteiger partial charge in [-0.3, -0.25) is 14.2 Å². The second kappa shape index (κ2) is 6.77. The van der Waals surface area contributed by atoms with Gasteiger partial charge in [0.25, 0.3) is 5.56 Å². The molecular weight excluding hydrogens is 410 g/mol. The molecule has 0 saturated heterocycles.